The monoisotopic (exact) mass is 517 g/mol. The number of benzene rings is 3. The lowest BCUT2D eigenvalue weighted by atomic mass is 9.74. The quantitative estimate of drug-likeness (QED) is 0.220. The average Bonchev–Trinajstić information content (AvgIpc) is 3.27. The van der Waals surface area contributed by atoms with E-state index in [1.807, 2.05) is 0 Å². The van der Waals surface area contributed by atoms with Gasteiger partial charge in [-0.3, -0.25) is 4.99 Å². The molecule has 0 amide bonds. The predicted octanol–water partition coefficient (Wildman–Crippen LogP) is 6.68. The lowest BCUT2D eigenvalue weighted by Gasteiger charge is -2.36. The number of rotatable bonds is 7. The molecule has 1 N–H and O–H groups in total. The number of ether oxygens (including phenoxy) is 1. The van der Waals surface area contributed by atoms with E-state index in [-0.39, 0.29) is 17.0 Å². The third kappa shape index (κ3) is 5.06. The molecule has 0 bridgehead atoms. The maximum atomic E-state index is 14.2. The maximum Gasteiger partial charge on any atom is 0.422 e. The second-order valence-corrected chi connectivity index (χ2v) is 9.30. The van der Waals surface area contributed by atoms with Gasteiger partial charge in [0, 0.05) is 17.2 Å². The van der Waals surface area contributed by atoms with Crippen LogP contribution >= 0.6 is 0 Å². The summed E-state index contributed by atoms with van der Waals surface area (Å²) in [6, 6.07) is 14.3. The van der Waals surface area contributed by atoms with Gasteiger partial charge in [0.05, 0.1) is 30.2 Å². The minimum atomic E-state index is -5.08. The molecule has 0 radical (unpaired) electrons. The van der Waals surface area contributed by atoms with Crippen LogP contribution < -0.4 is 4.74 Å². The fraction of sp³-hybridized carbons (Fsp3) is 0.259. The van der Waals surface area contributed by atoms with Gasteiger partial charge in [-0.1, -0.05) is 32.0 Å². The summed E-state index contributed by atoms with van der Waals surface area (Å²) >= 11 is 0. The number of fused-ring (bicyclic) bond motifs is 1. The summed E-state index contributed by atoms with van der Waals surface area (Å²) < 4.78 is 76.7. The van der Waals surface area contributed by atoms with Crippen LogP contribution in [0.15, 0.2) is 71.9 Å². The van der Waals surface area contributed by atoms with Gasteiger partial charge in [0.1, 0.15) is 5.82 Å². The van der Waals surface area contributed by atoms with Gasteiger partial charge in [0.15, 0.2) is 17.2 Å². The van der Waals surface area contributed by atoms with Crippen LogP contribution in [-0.4, -0.2) is 40.0 Å². The number of methoxy groups -OCH3 is 1. The number of aliphatic hydroxyl groups is 1. The second-order valence-electron chi connectivity index (χ2n) is 9.30. The maximum absolute atomic E-state index is 14.2. The first-order chi connectivity index (χ1) is 17.4. The molecule has 1 unspecified atom stereocenters. The van der Waals surface area contributed by atoms with Crippen LogP contribution in [-0.2, 0) is 5.41 Å². The van der Waals surface area contributed by atoms with Crippen LogP contribution in [0.1, 0.15) is 25.8 Å². The molecule has 1 aromatic heterocycles. The first-order valence-corrected chi connectivity index (χ1v) is 11.3. The summed E-state index contributed by atoms with van der Waals surface area (Å²) in [7, 11) is 1.22. The van der Waals surface area contributed by atoms with Gasteiger partial charge in [-0.05, 0) is 54.3 Å². The Labute approximate surface area is 209 Å². The zero-order valence-corrected chi connectivity index (χ0v) is 20.2. The van der Waals surface area contributed by atoms with Gasteiger partial charge >= 0.3 is 6.18 Å². The number of alkyl halides is 3. The van der Waals surface area contributed by atoms with Crippen molar-refractivity contribution in [3.05, 3.63) is 84.1 Å². The topological polar surface area (TPSA) is 59.6 Å². The summed E-state index contributed by atoms with van der Waals surface area (Å²) in [6.07, 6.45) is -4.04. The molecule has 3 aromatic carbocycles. The lowest BCUT2D eigenvalue weighted by molar-refractivity contribution is -0.234. The Morgan fingerprint density at radius 1 is 1.00 bits per heavy atom. The number of aliphatic imine (C=N–C) groups is 1. The summed E-state index contributed by atoms with van der Waals surface area (Å²) in [5, 5.41) is 15.5. The van der Waals surface area contributed by atoms with Crippen LogP contribution in [0, 0.1) is 11.6 Å². The minimum absolute atomic E-state index is 0.148. The molecule has 5 nitrogen and oxygen atoms in total. The van der Waals surface area contributed by atoms with Gasteiger partial charge in [0.25, 0.3) is 0 Å². The highest BCUT2D eigenvalue weighted by Gasteiger charge is 2.55. The molecule has 10 heteroatoms. The van der Waals surface area contributed by atoms with Crippen LogP contribution in [0.5, 0.6) is 5.75 Å². The Hall–Kier alpha value is -3.79. The molecule has 4 aromatic rings. The molecule has 1 atom stereocenters. The fourth-order valence-corrected chi connectivity index (χ4v) is 4.35. The molecule has 0 aliphatic rings. The molecular formula is C27H24F5N3O2. The smallest absolute Gasteiger partial charge is 0.422 e. The minimum Gasteiger partial charge on any atom is -0.493 e. The van der Waals surface area contributed by atoms with Crippen LogP contribution in [0.2, 0.25) is 0 Å². The van der Waals surface area contributed by atoms with Gasteiger partial charge < -0.3 is 9.84 Å². The first-order valence-electron chi connectivity index (χ1n) is 11.3. The predicted molar refractivity (Wildman–Crippen MR) is 131 cm³/mol. The average molecular weight is 517 g/mol. The molecule has 37 heavy (non-hydrogen) atoms. The van der Waals surface area contributed by atoms with E-state index >= 15 is 0 Å². The number of hydrogen-bond acceptors (Lipinski definition) is 4. The van der Waals surface area contributed by atoms with Crippen molar-refractivity contribution in [1.82, 2.24) is 9.78 Å². The highest BCUT2D eigenvalue weighted by atomic mass is 19.4. The van der Waals surface area contributed by atoms with E-state index in [2.05, 4.69) is 10.1 Å². The van der Waals surface area contributed by atoms with Gasteiger partial charge in [0.2, 0.25) is 0 Å². The Kier molecular flexibility index (Phi) is 6.81. The molecule has 4 rings (SSSR count). The van der Waals surface area contributed by atoms with Gasteiger partial charge in [-0.25, -0.2) is 13.5 Å². The van der Waals surface area contributed by atoms with Gasteiger partial charge in [-0.15, -0.1) is 0 Å². The molecule has 0 saturated carbocycles. The van der Waals surface area contributed by atoms with Crippen molar-refractivity contribution in [2.45, 2.75) is 37.5 Å². The van der Waals surface area contributed by atoms with E-state index in [1.165, 1.54) is 74.3 Å². The van der Waals surface area contributed by atoms with Crippen molar-refractivity contribution in [1.29, 1.82) is 0 Å². The fourth-order valence-electron chi connectivity index (χ4n) is 4.35. The Morgan fingerprint density at radius 2 is 1.68 bits per heavy atom. The Morgan fingerprint density at radius 3 is 2.32 bits per heavy atom. The summed E-state index contributed by atoms with van der Waals surface area (Å²) in [5.41, 5.74) is -3.30. The van der Waals surface area contributed by atoms with Crippen molar-refractivity contribution < 1.29 is 31.8 Å². The van der Waals surface area contributed by atoms with E-state index in [0.29, 0.717) is 22.8 Å². The third-order valence-corrected chi connectivity index (χ3v) is 6.18. The molecule has 0 fully saturated rings. The lowest BCUT2D eigenvalue weighted by Crippen LogP contribution is -2.50. The number of hydrogen-bond donors (Lipinski definition) is 1. The molecule has 0 spiro atoms. The van der Waals surface area contributed by atoms with E-state index in [4.69, 9.17) is 4.74 Å². The van der Waals surface area contributed by atoms with Crippen molar-refractivity contribution in [3.63, 3.8) is 0 Å². The van der Waals surface area contributed by atoms with E-state index in [0.717, 1.165) is 6.07 Å². The molecule has 0 saturated heterocycles. The van der Waals surface area contributed by atoms with E-state index < -0.39 is 35.2 Å². The standard InChI is InChI=1S/C27H24F5N3O2/c1-25(2,20-6-4-7-21(29)24(20)37-3)15-26(36,27(30,31)32)16-33-22-8-5-9-23-19(22)14-34-35(23)18-12-10-17(28)11-13-18/h4-14,16,36H,15H2,1-3H3/b33-16+. The first kappa shape index (κ1) is 26.3. The third-order valence-electron chi connectivity index (χ3n) is 6.18. The molecular weight excluding hydrogens is 493 g/mol. The van der Waals surface area contributed by atoms with Crippen molar-refractivity contribution in [3.8, 4) is 11.4 Å². The number of nitrogens with zero attached hydrogens (tertiary/aromatic N) is 3. The van der Waals surface area contributed by atoms with Crippen molar-refractivity contribution >= 4 is 22.8 Å². The highest BCUT2D eigenvalue weighted by Crippen LogP contribution is 2.43. The zero-order valence-electron chi connectivity index (χ0n) is 20.2. The number of aromatic nitrogens is 2. The second kappa shape index (κ2) is 9.59. The van der Waals surface area contributed by atoms with Crippen LogP contribution in [0.4, 0.5) is 27.6 Å². The molecule has 1 heterocycles. The molecule has 0 aliphatic heterocycles. The summed E-state index contributed by atoms with van der Waals surface area (Å²) in [4.78, 5) is 4.02. The zero-order chi connectivity index (χ0) is 27.0. The van der Waals surface area contributed by atoms with Crippen molar-refractivity contribution in [2.75, 3.05) is 7.11 Å². The SMILES string of the molecule is COc1c(F)cccc1C(C)(C)CC(O)(/C=N/c1cccc2c1cnn2-c1ccc(F)cc1)C(F)(F)F. The number of para-hydroxylation sites is 1. The molecule has 194 valence electrons. The van der Waals surface area contributed by atoms with E-state index in [1.54, 1.807) is 12.1 Å². The Bertz CT molecular complexity index is 1440. The van der Waals surface area contributed by atoms with E-state index in [9.17, 15) is 27.1 Å². The summed E-state index contributed by atoms with van der Waals surface area (Å²) in [6.45, 7) is 2.92. The molecule has 0 aliphatic carbocycles. The van der Waals surface area contributed by atoms with Crippen LogP contribution in [0.3, 0.4) is 0 Å². The summed E-state index contributed by atoms with van der Waals surface area (Å²) in [5.74, 6) is -1.33. The van der Waals surface area contributed by atoms with Gasteiger partial charge in [-0.2, -0.15) is 18.3 Å². The normalized spacial score (nSPS) is 14.3. The van der Waals surface area contributed by atoms with Crippen molar-refractivity contribution in [2.24, 2.45) is 4.99 Å². The van der Waals surface area contributed by atoms with Crippen LogP contribution in [0.25, 0.3) is 16.6 Å². The Balaban J connectivity index is 1.73. The number of halogens is 5. The highest BCUT2D eigenvalue weighted by molar-refractivity contribution is 5.93. The largest absolute Gasteiger partial charge is 0.493 e.